The van der Waals surface area contributed by atoms with Crippen molar-refractivity contribution in [2.45, 2.75) is 11.8 Å². The monoisotopic (exact) mass is 417 g/mol. The van der Waals surface area contributed by atoms with Crippen LogP contribution in [-0.4, -0.2) is 29.3 Å². The van der Waals surface area contributed by atoms with Crippen LogP contribution in [-0.2, 0) is 10.0 Å². The van der Waals surface area contributed by atoms with Crippen molar-refractivity contribution in [2.24, 2.45) is 5.14 Å². The summed E-state index contributed by atoms with van der Waals surface area (Å²) in [5, 5.41) is 19.9. The average molecular weight is 418 g/mol. The van der Waals surface area contributed by atoms with Crippen LogP contribution in [0.5, 0.6) is 0 Å². The molecule has 3 rings (SSSR count). The van der Waals surface area contributed by atoms with E-state index >= 15 is 0 Å². The lowest BCUT2D eigenvalue weighted by molar-refractivity contribution is 0.0688. The van der Waals surface area contributed by atoms with E-state index in [4.69, 9.17) is 16.7 Å². The first-order valence-corrected chi connectivity index (χ1v) is 10.0. The number of hydrogen-bond acceptors (Lipinski definition) is 4. The number of carboxylic acid groups (broad SMARTS) is 1. The minimum Gasteiger partial charge on any atom is -0.476 e. The topological polar surface area (TPSA) is 115 Å². The van der Waals surface area contributed by atoms with Crippen LogP contribution >= 0.6 is 11.6 Å². The number of rotatable bonds is 5. The molecule has 28 heavy (non-hydrogen) atoms. The fraction of sp³-hybridized carbons (Fsp3) is 0.0526. The molecule has 0 aliphatic heterocycles. The molecule has 0 aliphatic rings. The Bertz CT molecular complexity index is 1170. The number of aromatic carboxylic acids is 1. The normalized spacial score (nSPS) is 11.8. The molecule has 0 spiro atoms. The van der Waals surface area contributed by atoms with E-state index in [2.05, 4.69) is 5.10 Å². The number of aromatic nitrogens is 2. The molecule has 7 nitrogen and oxygen atoms in total. The zero-order valence-electron chi connectivity index (χ0n) is 14.7. The van der Waals surface area contributed by atoms with Crippen molar-refractivity contribution >= 4 is 33.8 Å². The molecule has 3 N–H and O–H groups in total. The van der Waals surface area contributed by atoms with Gasteiger partial charge in [-0.1, -0.05) is 41.9 Å². The fourth-order valence-corrected chi connectivity index (χ4v) is 3.42. The summed E-state index contributed by atoms with van der Waals surface area (Å²) >= 11 is 5.96. The summed E-state index contributed by atoms with van der Waals surface area (Å²) in [5.74, 6) is -1.15. The van der Waals surface area contributed by atoms with Gasteiger partial charge in [-0.25, -0.2) is 23.0 Å². The Balaban J connectivity index is 2.29. The predicted molar refractivity (Wildman–Crippen MR) is 107 cm³/mol. The van der Waals surface area contributed by atoms with Crippen LogP contribution in [0.2, 0.25) is 5.02 Å². The van der Waals surface area contributed by atoms with Crippen molar-refractivity contribution in [3.63, 3.8) is 0 Å². The van der Waals surface area contributed by atoms with Gasteiger partial charge < -0.3 is 5.11 Å². The lowest BCUT2D eigenvalue weighted by Gasteiger charge is -2.06. The molecular weight excluding hydrogens is 402 g/mol. The molecule has 0 fully saturated rings. The first-order chi connectivity index (χ1) is 13.2. The molecule has 2 aromatic carbocycles. The van der Waals surface area contributed by atoms with Crippen LogP contribution in [0.3, 0.4) is 0 Å². The molecule has 0 aliphatic carbocycles. The number of carbonyl (C=O) groups is 1. The Morgan fingerprint density at radius 2 is 1.68 bits per heavy atom. The molecule has 0 radical (unpaired) electrons. The van der Waals surface area contributed by atoms with E-state index in [1.807, 2.05) is 0 Å². The molecule has 3 aromatic rings. The summed E-state index contributed by atoms with van der Waals surface area (Å²) in [4.78, 5) is 11.9. The Hall–Kier alpha value is -2.94. The van der Waals surface area contributed by atoms with Crippen LogP contribution in [0, 0.1) is 0 Å². The lowest BCUT2D eigenvalue weighted by Crippen LogP contribution is -2.11. The van der Waals surface area contributed by atoms with Crippen LogP contribution in [0.25, 0.3) is 28.6 Å². The van der Waals surface area contributed by atoms with E-state index in [9.17, 15) is 18.3 Å². The second-order valence-electron chi connectivity index (χ2n) is 5.88. The summed E-state index contributed by atoms with van der Waals surface area (Å²) < 4.78 is 24.3. The van der Waals surface area contributed by atoms with Crippen molar-refractivity contribution in [3.05, 3.63) is 65.3 Å². The Kier molecular flexibility index (Phi) is 5.37. The average Bonchev–Trinajstić information content (AvgIpc) is 3.01. The molecule has 0 unspecified atom stereocenters. The maximum atomic E-state index is 12.0. The SMILES string of the molecule is CC=Cn1nc(-c2ccc(S(N)(=O)=O)cc2)c(-c2ccc(Cl)cc2)c1C(=O)O. The Labute approximate surface area is 166 Å². The van der Waals surface area contributed by atoms with Crippen molar-refractivity contribution in [2.75, 3.05) is 0 Å². The summed E-state index contributed by atoms with van der Waals surface area (Å²) in [6.45, 7) is 1.75. The van der Waals surface area contributed by atoms with Crippen molar-refractivity contribution in [1.82, 2.24) is 9.78 Å². The van der Waals surface area contributed by atoms with Crippen molar-refractivity contribution < 1.29 is 18.3 Å². The number of allylic oxidation sites excluding steroid dienone is 1. The van der Waals surface area contributed by atoms with Gasteiger partial charge in [0, 0.05) is 22.3 Å². The van der Waals surface area contributed by atoms with E-state index < -0.39 is 16.0 Å². The fourth-order valence-electron chi connectivity index (χ4n) is 2.78. The van der Waals surface area contributed by atoms with Gasteiger partial charge >= 0.3 is 5.97 Å². The molecule has 0 amide bonds. The zero-order valence-corrected chi connectivity index (χ0v) is 16.3. The third-order valence-corrected chi connectivity index (χ3v) is 5.17. The molecular formula is C19H16ClN3O4S. The summed E-state index contributed by atoms with van der Waals surface area (Å²) in [5.41, 5.74) is 1.92. The van der Waals surface area contributed by atoms with Gasteiger partial charge in [0.25, 0.3) is 0 Å². The summed E-state index contributed by atoms with van der Waals surface area (Å²) in [6.07, 6.45) is 3.20. The van der Waals surface area contributed by atoms with Gasteiger partial charge in [-0.15, -0.1) is 0 Å². The van der Waals surface area contributed by atoms with E-state index in [1.165, 1.54) is 35.1 Å². The predicted octanol–water partition coefficient (Wildman–Crippen LogP) is 3.71. The van der Waals surface area contributed by atoms with Gasteiger partial charge in [-0.3, -0.25) is 0 Å². The largest absolute Gasteiger partial charge is 0.476 e. The highest BCUT2D eigenvalue weighted by molar-refractivity contribution is 7.89. The minimum atomic E-state index is -3.84. The van der Waals surface area contributed by atoms with Gasteiger partial charge in [-0.2, -0.15) is 5.10 Å². The van der Waals surface area contributed by atoms with Crippen LogP contribution < -0.4 is 5.14 Å². The second kappa shape index (κ2) is 7.59. The lowest BCUT2D eigenvalue weighted by atomic mass is 9.99. The number of sulfonamides is 1. The molecule has 0 saturated heterocycles. The number of hydrogen-bond donors (Lipinski definition) is 2. The van der Waals surface area contributed by atoms with Crippen molar-refractivity contribution in [1.29, 1.82) is 0 Å². The highest BCUT2D eigenvalue weighted by atomic mass is 35.5. The van der Waals surface area contributed by atoms with Gasteiger partial charge in [0.1, 0.15) is 5.69 Å². The second-order valence-corrected chi connectivity index (χ2v) is 7.88. The highest BCUT2D eigenvalue weighted by Gasteiger charge is 2.25. The first kappa shape index (κ1) is 19.8. The third-order valence-electron chi connectivity index (χ3n) is 3.99. The quantitative estimate of drug-likeness (QED) is 0.656. The van der Waals surface area contributed by atoms with Gasteiger partial charge in [0.2, 0.25) is 10.0 Å². The van der Waals surface area contributed by atoms with Crippen molar-refractivity contribution in [3.8, 4) is 22.4 Å². The summed E-state index contributed by atoms with van der Waals surface area (Å²) in [7, 11) is -3.84. The van der Waals surface area contributed by atoms with Gasteiger partial charge in [0.05, 0.1) is 4.90 Å². The van der Waals surface area contributed by atoms with E-state index in [0.29, 0.717) is 27.4 Å². The number of nitrogens with two attached hydrogens (primary N) is 1. The summed E-state index contributed by atoms with van der Waals surface area (Å²) in [6, 6.07) is 12.5. The maximum absolute atomic E-state index is 12.0. The van der Waals surface area contributed by atoms with Gasteiger partial charge in [0.15, 0.2) is 5.69 Å². The molecule has 144 valence electrons. The van der Waals surface area contributed by atoms with E-state index in [1.54, 1.807) is 37.3 Å². The molecule has 0 saturated carbocycles. The third kappa shape index (κ3) is 3.84. The standard InChI is InChI=1S/C19H16ClN3O4S/c1-2-11-23-18(19(24)25)16(12-3-7-14(20)8-4-12)17(22-23)13-5-9-15(10-6-13)28(21,26)27/h2-11H,1H3,(H,24,25)(H2,21,26,27). The minimum absolute atomic E-state index is 0.0223. The first-order valence-electron chi connectivity index (χ1n) is 8.10. The van der Waals surface area contributed by atoms with E-state index in [-0.39, 0.29) is 10.6 Å². The molecule has 1 heterocycles. The van der Waals surface area contributed by atoms with Crippen LogP contribution in [0.15, 0.2) is 59.5 Å². The Morgan fingerprint density at radius 3 is 2.18 bits per heavy atom. The van der Waals surface area contributed by atoms with Crippen LogP contribution in [0.4, 0.5) is 0 Å². The number of benzene rings is 2. The Morgan fingerprint density at radius 1 is 1.11 bits per heavy atom. The molecule has 1 aromatic heterocycles. The molecule has 0 atom stereocenters. The smallest absolute Gasteiger partial charge is 0.355 e. The molecule has 0 bridgehead atoms. The van der Waals surface area contributed by atoms with E-state index in [0.717, 1.165) is 0 Å². The zero-order chi connectivity index (χ0) is 20.5. The highest BCUT2D eigenvalue weighted by Crippen LogP contribution is 2.35. The number of nitrogens with zero attached hydrogens (tertiary/aromatic N) is 2. The van der Waals surface area contributed by atoms with Gasteiger partial charge in [-0.05, 0) is 36.8 Å². The van der Waals surface area contributed by atoms with Crippen LogP contribution in [0.1, 0.15) is 17.4 Å². The maximum Gasteiger partial charge on any atom is 0.355 e. The molecule has 9 heteroatoms. The number of primary sulfonamides is 1. The number of carboxylic acids is 1. The number of halogens is 1.